The topological polar surface area (TPSA) is 73.0 Å². The van der Waals surface area contributed by atoms with Gasteiger partial charge in [-0.15, -0.1) is 0 Å². The number of aromatic amines is 1. The Hall–Kier alpha value is -1.89. The summed E-state index contributed by atoms with van der Waals surface area (Å²) in [5.74, 6) is 2.11. The third kappa shape index (κ3) is 3.81. The molecule has 7 nitrogen and oxygen atoms in total. The van der Waals surface area contributed by atoms with Crippen LogP contribution in [0.25, 0.3) is 11.0 Å². The molecule has 0 saturated heterocycles. The van der Waals surface area contributed by atoms with E-state index in [4.69, 9.17) is 0 Å². The van der Waals surface area contributed by atoms with Gasteiger partial charge < -0.3 is 15.1 Å². The highest BCUT2D eigenvalue weighted by Gasteiger charge is 2.17. The molecule has 21 heavy (non-hydrogen) atoms. The third-order valence-electron chi connectivity index (χ3n) is 3.22. The fourth-order valence-electron chi connectivity index (χ4n) is 2.22. The first-order valence-corrected chi connectivity index (χ1v) is 7.29. The SMILES string of the molecule is CNc1nc(N(CCN(C)C)CC(C)C)c2cn[nH]c2n1. The highest BCUT2D eigenvalue weighted by atomic mass is 15.3. The first kappa shape index (κ1) is 15.5. The van der Waals surface area contributed by atoms with Crippen LogP contribution in [-0.4, -0.2) is 65.8 Å². The lowest BCUT2D eigenvalue weighted by Crippen LogP contribution is -2.35. The van der Waals surface area contributed by atoms with Gasteiger partial charge in [0.15, 0.2) is 5.65 Å². The van der Waals surface area contributed by atoms with Crippen LogP contribution in [0.15, 0.2) is 6.20 Å². The van der Waals surface area contributed by atoms with Gasteiger partial charge in [-0.2, -0.15) is 15.1 Å². The van der Waals surface area contributed by atoms with Gasteiger partial charge in [-0.1, -0.05) is 13.8 Å². The maximum absolute atomic E-state index is 4.65. The number of likely N-dealkylation sites (N-methyl/N-ethyl adjacent to an activating group) is 1. The van der Waals surface area contributed by atoms with Gasteiger partial charge in [-0.25, -0.2) is 0 Å². The van der Waals surface area contributed by atoms with Crippen LogP contribution in [0, 0.1) is 5.92 Å². The van der Waals surface area contributed by atoms with Gasteiger partial charge in [0.2, 0.25) is 5.95 Å². The Morgan fingerprint density at radius 2 is 2.00 bits per heavy atom. The zero-order valence-electron chi connectivity index (χ0n) is 13.5. The van der Waals surface area contributed by atoms with E-state index in [0.717, 1.165) is 36.5 Å². The summed E-state index contributed by atoms with van der Waals surface area (Å²) in [6.45, 7) is 7.29. The molecule has 0 fully saturated rings. The normalized spacial score (nSPS) is 11.6. The van der Waals surface area contributed by atoms with Gasteiger partial charge in [0.05, 0.1) is 11.6 Å². The van der Waals surface area contributed by atoms with Crippen molar-refractivity contribution in [3.8, 4) is 0 Å². The Bertz CT molecular complexity index is 576. The maximum atomic E-state index is 4.65. The van der Waals surface area contributed by atoms with Crippen LogP contribution in [0.2, 0.25) is 0 Å². The molecule has 2 rings (SSSR count). The minimum Gasteiger partial charge on any atom is -0.357 e. The Balaban J connectivity index is 2.39. The van der Waals surface area contributed by atoms with Crippen LogP contribution >= 0.6 is 0 Å². The standard InChI is InChI=1S/C14H25N7/c1-10(2)9-21(7-6-20(4)5)13-11-8-16-19-12(11)17-14(15-3)18-13/h8,10H,6-7,9H2,1-5H3,(H2,15,16,17,18,19). The van der Waals surface area contributed by atoms with Crippen molar-refractivity contribution in [2.45, 2.75) is 13.8 Å². The van der Waals surface area contributed by atoms with Crippen LogP contribution in [0.1, 0.15) is 13.8 Å². The Labute approximate surface area is 125 Å². The Kier molecular flexibility index (Phi) is 4.95. The van der Waals surface area contributed by atoms with Crippen LogP contribution < -0.4 is 10.2 Å². The van der Waals surface area contributed by atoms with E-state index in [9.17, 15) is 0 Å². The van der Waals surface area contributed by atoms with Crippen molar-refractivity contribution in [1.82, 2.24) is 25.1 Å². The molecule has 0 aliphatic carbocycles. The summed E-state index contributed by atoms with van der Waals surface area (Å²) < 4.78 is 0. The van der Waals surface area contributed by atoms with Gasteiger partial charge in [0.1, 0.15) is 5.82 Å². The van der Waals surface area contributed by atoms with E-state index in [1.165, 1.54) is 0 Å². The van der Waals surface area contributed by atoms with Crippen LogP contribution in [0.5, 0.6) is 0 Å². The average molecular weight is 291 g/mol. The molecule has 0 radical (unpaired) electrons. The zero-order chi connectivity index (χ0) is 15.4. The van der Waals surface area contributed by atoms with E-state index in [1.807, 2.05) is 7.05 Å². The quantitative estimate of drug-likeness (QED) is 0.804. The van der Waals surface area contributed by atoms with Gasteiger partial charge in [-0.3, -0.25) is 5.10 Å². The van der Waals surface area contributed by atoms with Crippen LogP contribution in [0.3, 0.4) is 0 Å². The number of rotatable bonds is 7. The first-order valence-electron chi connectivity index (χ1n) is 7.29. The molecular weight excluding hydrogens is 266 g/mol. The molecule has 0 unspecified atom stereocenters. The average Bonchev–Trinajstić information content (AvgIpc) is 2.90. The molecule has 0 atom stereocenters. The smallest absolute Gasteiger partial charge is 0.226 e. The van der Waals surface area contributed by atoms with Gasteiger partial charge in [0, 0.05) is 26.7 Å². The first-order chi connectivity index (χ1) is 10.0. The molecule has 0 bridgehead atoms. The fraction of sp³-hybridized carbons (Fsp3) is 0.643. The third-order valence-corrected chi connectivity index (χ3v) is 3.22. The predicted molar refractivity (Wildman–Crippen MR) is 86.8 cm³/mol. The maximum Gasteiger partial charge on any atom is 0.226 e. The van der Waals surface area contributed by atoms with Crippen molar-refractivity contribution in [2.75, 3.05) is 51.0 Å². The number of H-pyrrole nitrogens is 1. The lowest BCUT2D eigenvalue weighted by molar-refractivity contribution is 0.408. The summed E-state index contributed by atoms with van der Waals surface area (Å²) in [5, 5.41) is 11.0. The van der Waals surface area contributed by atoms with Crippen molar-refractivity contribution in [2.24, 2.45) is 5.92 Å². The van der Waals surface area contributed by atoms with E-state index in [-0.39, 0.29) is 0 Å². The Morgan fingerprint density at radius 1 is 1.24 bits per heavy atom. The fourth-order valence-corrected chi connectivity index (χ4v) is 2.22. The monoisotopic (exact) mass is 291 g/mol. The number of hydrogen-bond acceptors (Lipinski definition) is 6. The van der Waals surface area contributed by atoms with Crippen LogP contribution in [0.4, 0.5) is 11.8 Å². The lowest BCUT2D eigenvalue weighted by atomic mass is 10.2. The van der Waals surface area contributed by atoms with E-state index in [1.54, 1.807) is 6.20 Å². The van der Waals surface area contributed by atoms with E-state index in [0.29, 0.717) is 11.9 Å². The molecule has 2 heterocycles. The molecule has 0 saturated carbocycles. The molecule has 0 spiro atoms. The number of nitrogens with zero attached hydrogens (tertiary/aromatic N) is 5. The second-order valence-corrected chi connectivity index (χ2v) is 5.90. The summed E-state index contributed by atoms with van der Waals surface area (Å²) in [6.07, 6.45) is 1.80. The minimum absolute atomic E-state index is 0.558. The van der Waals surface area contributed by atoms with E-state index >= 15 is 0 Å². The van der Waals surface area contributed by atoms with Crippen molar-refractivity contribution in [1.29, 1.82) is 0 Å². The summed E-state index contributed by atoms with van der Waals surface area (Å²) in [5.41, 5.74) is 0.767. The predicted octanol–water partition coefficient (Wildman–Crippen LogP) is 1.42. The largest absolute Gasteiger partial charge is 0.357 e. The molecule has 0 amide bonds. The second-order valence-electron chi connectivity index (χ2n) is 5.90. The summed E-state index contributed by atoms with van der Waals surface area (Å²) in [4.78, 5) is 13.5. The number of hydrogen-bond donors (Lipinski definition) is 2. The van der Waals surface area contributed by atoms with E-state index in [2.05, 4.69) is 63.2 Å². The molecule has 0 aliphatic rings. The van der Waals surface area contributed by atoms with Crippen molar-refractivity contribution in [3.63, 3.8) is 0 Å². The summed E-state index contributed by atoms with van der Waals surface area (Å²) in [7, 11) is 5.99. The lowest BCUT2D eigenvalue weighted by Gasteiger charge is -2.27. The summed E-state index contributed by atoms with van der Waals surface area (Å²) >= 11 is 0. The Morgan fingerprint density at radius 3 is 2.62 bits per heavy atom. The molecular formula is C14H25N7. The molecule has 2 aromatic rings. The number of fused-ring (bicyclic) bond motifs is 1. The molecule has 2 aromatic heterocycles. The zero-order valence-corrected chi connectivity index (χ0v) is 13.5. The number of anilines is 2. The molecule has 0 aromatic carbocycles. The highest BCUT2D eigenvalue weighted by molar-refractivity contribution is 5.87. The number of nitrogens with one attached hydrogen (secondary N) is 2. The molecule has 116 valence electrons. The van der Waals surface area contributed by atoms with Crippen LogP contribution in [-0.2, 0) is 0 Å². The molecule has 0 aliphatic heterocycles. The van der Waals surface area contributed by atoms with Gasteiger partial charge in [-0.05, 0) is 20.0 Å². The summed E-state index contributed by atoms with van der Waals surface area (Å²) in [6, 6.07) is 0. The van der Waals surface area contributed by atoms with Gasteiger partial charge in [0.25, 0.3) is 0 Å². The van der Waals surface area contributed by atoms with E-state index < -0.39 is 0 Å². The minimum atomic E-state index is 0.558. The second kappa shape index (κ2) is 6.71. The highest BCUT2D eigenvalue weighted by Crippen LogP contribution is 2.24. The molecule has 7 heteroatoms. The van der Waals surface area contributed by atoms with Crippen molar-refractivity contribution in [3.05, 3.63) is 6.20 Å². The van der Waals surface area contributed by atoms with Gasteiger partial charge >= 0.3 is 0 Å². The van der Waals surface area contributed by atoms with Crippen molar-refractivity contribution < 1.29 is 0 Å². The molecule has 2 N–H and O–H groups in total. The van der Waals surface area contributed by atoms with Crippen molar-refractivity contribution >= 4 is 22.8 Å². The number of aromatic nitrogens is 4.